The molecule has 1 aromatic carbocycles. The fraction of sp³-hybridized carbons (Fsp3) is 0.471. The van der Waals surface area contributed by atoms with Gasteiger partial charge in [0.15, 0.2) is 0 Å². The Kier molecular flexibility index (Phi) is 6.81. The second kappa shape index (κ2) is 8.65. The number of carbonyl (C=O) groups excluding carboxylic acids is 1. The largest absolute Gasteiger partial charge is 0.348 e. The molecule has 6 nitrogen and oxygen atoms in total. The van der Waals surface area contributed by atoms with Gasteiger partial charge in [0, 0.05) is 18.5 Å². The zero-order valence-corrected chi connectivity index (χ0v) is 15.9. The lowest BCUT2D eigenvalue weighted by molar-refractivity contribution is 0.0940. The molecule has 1 aromatic heterocycles. The smallest absolute Gasteiger partial charge is 0.291 e. The number of amides is 1. The minimum absolute atomic E-state index is 0. The van der Waals surface area contributed by atoms with Crippen LogP contribution in [0.3, 0.4) is 0 Å². The Morgan fingerprint density at radius 1 is 1.40 bits per heavy atom. The first kappa shape index (κ1) is 19.7. The maximum atomic E-state index is 12.4. The van der Waals surface area contributed by atoms with Gasteiger partial charge in [0.2, 0.25) is 5.82 Å². The van der Waals surface area contributed by atoms with E-state index in [1.54, 1.807) is 4.68 Å². The average Bonchev–Trinajstić information content (AvgIpc) is 3.32. The summed E-state index contributed by atoms with van der Waals surface area (Å²) in [5.41, 5.74) is 0.758. The molecule has 8 heteroatoms. The SMILES string of the molecule is CCN[C@H](C)CNC(=O)c1nc(C2CC2)n(-c2ccccc2Cl)n1.Cl. The molecule has 1 atom stereocenters. The highest BCUT2D eigenvalue weighted by atomic mass is 35.5. The number of hydrogen-bond acceptors (Lipinski definition) is 4. The lowest BCUT2D eigenvalue weighted by Crippen LogP contribution is -2.39. The van der Waals surface area contributed by atoms with Gasteiger partial charge in [-0.15, -0.1) is 17.5 Å². The first-order chi connectivity index (χ1) is 11.6. The van der Waals surface area contributed by atoms with Gasteiger partial charge in [0.25, 0.3) is 5.91 Å². The molecule has 1 aliphatic carbocycles. The van der Waals surface area contributed by atoms with Crippen LogP contribution in [0.25, 0.3) is 5.69 Å². The zero-order valence-electron chi connectivity index (χ0n) is 14.3. The van der Waals surface area contributed by atoms with Crippen molar-refractivity contribution in [3.63, 3.8) is 0 Å². The van der Waals surface area contributed by atoms with Gasteiger partial charge in [-0.3, -0.25) is 4.79 Å². The number of hydrogen-bond donors (Lipinski definition) is 2. The summed E-state index contributed by atoms with van der Waals surface area (Å²) in [6.07, 6.45) is 2.14. The van der Waals surface area contributed by atoms with Gasteiger partial charge in [0.1, 0.15) is 5.82 Å². The van der Waals surface area contributed by atoms with Gasteiger partial charge in [-0.25, -0.2) is 9.67 Å². The number of halogens is 2. The fourth-order valence-electron chi connectivity index (χ4n) is 2.57. The van der Waals surface area contributed by atoms with Crippen molar-refractivity contribution >= 4 is 29.9 Å². The molecular weight excluding hydrogens is 361 g/mol. The predicted molar refractivity (Wildman–Crippen MR) is 101 cm³/mol. The van der Waals surface area contributed by atoms with Crippen LogP contribution in [0.4, 0.5) is 0 Å². The van der Waals surface area contributed by atoms with Crippen LogP contribution < -0.4 is 10.6 Å². The highest BCUT2D eigenvalue weighted by Gasteiger charge is 2.32. The van der Waals surface area contributed by atoms with Crippen LogP contribution in [-0.2, 0) is 0 Å². The van der Waals surface area contributed by atoms with Crippen molar-refractivity contribution in [1.29, 1.82) is 0 Å². The molecule has 2 N–H and O–H groups in total. The van der Waals surface area contributed by atoms with E-state index in [4.69, 9.17) is 11.6 Å². The van der Waals surface area contributed by atoms with Crippen LogP contribution in [0.2, 0.25) is 5.02 Å². The molecule has 1 heterocycles. The van der Waals surface area contributed by atoms with E-state index in [1.165, 1.54) is 0 Å². The highest BCUT2D eigenvalue weighted by Crippen LogP contribution is 2.40. The Morgan fingerprint density at radius 3 is 2.76 bits per heavy atom. The van der Waals surface area contributed by atoms with Crippen LogP contribution in [0, 0.1) is 0 Å². The minimum Gasteiger partial charge on any atom is -0.348 e. The molecule has 1 saturated carbocycles. The van der Waals surface area contributed by atoms with Crippen molar-refractivity contribution < 1.29 is 4.79 Å². The summed E-state index contributed by atoms with van der Waals surface area (Å²) in [7, 11) is 0. The topological polar surface area (TPSA) is 71.8 Å². The van der Waals surface area contributed by atoms with Crippen molar-refractivity contribution in [2.75, 3.05) is 13.1 Å². The quantitative estimate of drug-likeness (QED) is 0.770. The van der Waals surface area contributed by atoms with Crippen molar-refractivity contribution in [3.05, 3.63) is 40.9 Å². The first-order valence-electron chi connectivity index (χ1n) is 8.33. The van der Waals surface area contributed by atoms with Gasteiger partial charge in [-0.2, -0.15) is 0 Å². The van der Waals surface area contributed by atoms with Crippen molar-refractivity contribution in [3.8, 4) is 5.69 Å². The van der Waals surface area contributed by atoms with E-state index in [9.17, 15) is 4.79 Å². The van der Waals surface area contributed by atoms with E-state index in [1.807, 2.05) is 38.1 Å². The third kappa shape index (κ3) is 4.71. The molecule has 1 amide bonds. The lowest BCUT2D eigenvalue weighted by Gasteiger charge is -2.11. The van der Waals surface area contributed by atoms with E-state index in [0.29, 0.717) is 17.5 Å². The summed E-state index contributed by atoms with van der Waals surface area (Å²) < 4.78 is 1.71. The summed E-state index contributed by atoms with van der Waals surface area (Å²) in [5.74, 6) is 1.11. The third-order valence-electron chi connectivity index (χ3n) is 3.98. The molecule has 0 spiro atoms. The fourth-order valence-corrected chi connectivity index (χ4v) is 2.79. The molecule has 3 rings (SSSR count). The molecule has 0 bridgehead atoms. The lowest BCUT2D eigenvalue weighted by atomic mass is 10.3. The van der Waals surface area contributed by atoms with E-state index < -0.39 is 0 Å². The standard InChI is InChI=1S/C17H22ClN5O.ClH/c1-3-19-11(2)10-20-17(24)15-21-16(12-8-9-12)23(22-15)14-7-5-4-6-13(14)18;/h4-7,11-12,19H,3,8-10H2,1-2H3,(H,20,24);1H/t11-;/m1./s1. The Morgan fingerprint density at radius 2 is 2.12 bits per heavy atom. The molecule has 0 saturated heterocycles. The minimum atomic E-state index is -0.257. The number of likely N-dealkylation sites (N-methyl/N-ethyl adjacent to an activating group) is 1. The molecule has 1 aliphatic rings. The van der Waals surface area contributed by atoms with Crippen LogP contribution in [0.5, 0.6) is 0 Å². The Hall–Kier alpha value is -1.63. The van der Waals surface area contributed by atoms with Gasteiger partial charge in [0.05, 0.1) is 10.7 Å². The van der Waals surface area contributed by atoms with Crippen LogP contribution in [-0.4, -0.2) is 39.8 Å². The molecule has 0 unspecified atom stereocenters. The summed E-state index contributed by atoms with van der Waals surface area (Å²) in [6, 6.07) is 7.67. The maximum absolute atomic E-state index is 12.4. The highest BCUT2D eigenvalue weighted by molar-refractivity contribution is 6.32. The predicted octanol–water partition coefficient (Wildman–Crippen LogP) is 2.95. The second-order valence-electron chi connectivity index (χ2n) is 6.10. The Bertz CT molecular complexity index is 730. The van der Waals surface area contributed by atoms with Gasteiger partial charge in [-0.05, 0) is 38.4 Å². The van der Waals surface area contributed by atoms with Crippen LogP contribution >= 0.6 is 24.0 Å². The van der Waals surface area contributed by atoms with Crippen LogP contribution in [0.1, 0.15) is 49.1 Å². The van der Waals surface area contributed by atoms with Gasteiger partial charge in [-0.1, -0.05) is 30.7 Å². The molecule has 0 radical (unpaired) electrons. The first-order valence-corrected chi connectivity index (χ1v) is 8.71. The molecule has 2 aromatic rings. The average molecular weight is 384 g/mol. The van der Waals surface area contributed by atoms with Gasteiger partial charge < -0.3 is 10.6 Å². The van der Waals surface area contributed by atoms with E-state index in [0.717, 1.165) is 30.9 Å². The van der Waals surface area contributed by atoms with E-state index >= 15 is 0 Å². The van der Waals surface area contributed by atoms with Crippen molar-refractivity contribution in [1.82, 2.24) is 25.4 Å². The monoisotopic (exact) mass is 383 g/mol. The molecule has 0 aliphatic heterocycles. The number of benzene rings is 1. The van der Waals surface area contributed by atoms with E-state index in [2.05, 4.69) is 20.7 Å². The molecule has 136 valence electrons. The zero-order chi connectivity index (χ0) is 17.1. The van der Waals surface area contributed by atoms with Crippen molar-refractivity contribution in [2.45, 2.75) is 38.6 Å². The summed E-state index contributed by atoms with van der Waals surface area (Å²) in [4.78, 5) is 16.8. The number of nitrogens with one attached hydrogen (secondary N) is 2. The summed E-state index contributed by atoms with van der Waals surface area (Å²) in [6.45, 7) is 5.45. The summed E-state index contributed by atoms with van der Waals surface area (Å²) >= 11 is 6.28. The Balaban J connectivity index is 0.00000225. The number of nitrogens with zero attached hydrogens (tertiary/aromatic N) is 3. The second-order valence-corrected chi connectivity index (χ2v) is 6.51. The van der Waals surface area contributed by atoms with E-state index in [-0.39, 0.29) is 30.2 Å². The maximum Gasteiger partial charge on any atom is 0.291 e. The molecule has 1 fully saturated rings. The number of carbonyl (C=O) groups is 1. The number of aromatic nitrogens is 3. The van der Waals surface area contributed by atoms with Crippen molar-refractivity contribution in [2.24, 2.45) is 0 Å². The Labute approximate surface area is 158 Å². The third-order valence-corrected chi connectivity index (χ3v) is 4.30. The van der Waals surface area contributed by atoms with Gasteiger partial charge >= 0.3 is 0 Å². The normalized spacial score (nSPS) is 14.7. The molecular formula is C17H23Cl2N5O. The number of para-hydroxylation sites is 1. The summed E-state index contributed by atoms with van der Waals surface area (Å²) in [5, 5.41) is 11.1. The molecule has 25 heavy (non-hydrogen) atoms. The number of rotatable bonds is 7. The van der Waals surface area contributed by atoms with Crippen LogP contribution in [0.15, 0.2) is 24.3 Å².